The zero-order chi connectivity index (χ0) is 21.8. The normalized spacial score (nSPS) is 19.5. The molecule has 6 nitrogen and oxygen atoms in total. The Bertz CT molecular complexity index is 999. The molecule has 1 saturated carbocycles. The van der Waals surface area contributed by atoms with Gasteiger partial charge in [-0.15, -0.1) is 0 Å². The lowest BCUT2D eigenvalue weighted by Gasteiger charge is -2.17. The minimum absolute atomic E-state index is 0.0660. The number of Topliss-reactive ketones (excluding diaryl/α,β-unsaturated/α-hetero) is 1. The summed E-state index contributed by atoms with van der Waals surface area (Å²) < 4.78 is 33.8. The Hall–Kier alpha value is -2.22. The molecule has 2 fully saturated rings. The van der Waals surface area contributed by atoms with Crippen LogP contribution in [-0.2, 0) is 10.0 Å². The number of carbonyl (C=O) groups excluding carboxylic acids is 1. The van der Waals surface area contributed by atoms with Crippen molar-refractivity contribution in [1.29, 1.82) is 0 Å². The van der Waals surface area contributed by atoms with Gasteiger partial charge in [-0.3, -0.25) is 4.79 Å². The number of aryl methyl sites for hydroxylation is 1. The number of hydrogen-bond donors (Lipinski definition) is 1. The molecule has 2 aromatic rings. The summed E-state index contributed by atoms with van der Waals surface area (Å²) in [4.78, 5) is 14.6. The van der Waals surface area contributed by atoms with Crippen molar-refractivity contribution in [3.8, 4) is 5.75 Å². The number of likely N-dealkylation sites (tertiary alicyclic amines) is 1. The molecule has 2 aromatic carbocycles. The van der Waals surface area contributed by atoms with E-state index in [0.717, 1.165) is 55.6 Å². The topological polar surface area (TPSA) is 75.7 Å². The van der Waals surface area contributed by atoms with E-state index >= 15 is 0 Å². The molecule has 166 valence electrons. The SMILES string of the molecule is Cc1ccc(S(=O)(=O)N[C@H]2CCN(CCCOc3ccc(C(=O)C4CC4)cc3)C2)cc1. The maximum absolute atomic E-state index is 12.6. The molecule has 1 N–H and O–H groups in total. The number of nitrogens with one attached hydrogen (secondary N) is 1. The highest BCUT2D eigenvalue weighted by Crippen LogP contribution is 2.32. The molecule has 7 heteroatoms. The minimum atomic E-state index is -3.48. The number of hydrogen-bond acceptors (Lipinski definition) is 5. The van der Waals surface area contributed by atoms with Crippen molar-refractivity contribution in [2.24, 2.45) is 5.92 Å². The summed E-state index contributed by atoms with van der Waals surface area (Å²) in [7, 11) is -3.48. The van der Waals surface area contributed by atoms with Gasteiger partial charge in [0.15, 0.2) is 5.78 Å². The highest BCUT2D eigenvalue weighted by Gasteiger charge is 2.30. The zero-order valence-electron chi connectivity index (χ0n) is 17.9. The third-order valence-corrected chi connectivity index (χ3v) is 7.44. The van der Waals surface area contributed by atoms with Crippen molar-refractivity contribution in [1.82, 2.24) is 9.62 Å². The van der Waals surface area contributed by atoms with Crippen LogP contribution in [0.5, 0.6) is 5.75 Å². The van der Waals surface area contributed by atoms with Gasteiger partial charge >= 0.3 is 0 Å². The van der Waals surface area contributed by atoms with Crippen LogP contribution in [-0.4, -0.2) is 51.4 Å². The fourth-order valence-corrected chi connectivity index (χ4v) is 5.17. The number of carbonyl (C=O) groups is 1. The van der Waals surface area contributed by atoms with Gasteiger partial charge in [0.2, 0.25) is 10.0 Å². The standard InChI is InChI=1S/C24H30N2O4S/c1-18-3-11-23(12-4-18)31(28,29)25-21-13-15-26(17-21)14-2-16-30-22-9-7-20(8-10-22)24(27)19-5-6-19/h3-4,7-12,19,21,25H,2,5-6,13-17H2,1H3/t21-/m0/s1. The monoisotopic (exact) mass is 442 g/mol. The maximum atomic E-state index is 12.6. The van der Waals surface area contributed by atoms with E-state index in [1.54, 1.807) is 12.1 Å². The molecular formula is C24H30N2O4S. The van der Waals surface area contributed by atoms with Crippen LogP contribution in [0.1, 0.15) is 41.6 Å². The maximum Gasteiger partial charge on any atom is 0.240 e. The van der Waals surface area contributed by atoms with Gasteiger partial charge in [0.25, 0.3) is 0 Å². The largest absolute Gasteiger partial charge is 0.494 e. The molecule has 31 heavy (non-hydrogen) atoms. The van der Waals surface area contributed by atoms with Crippen molar-refractivity contribution in [2.45, 2.75) is 43.5 Å². The van der Waals surface area contributed by atoms with Crippen LogP contribution >= 0.6 is 0 Å². The summed E-state index contributed by atoms with van der Waals surface area (Å²) in [5.41, 5.74) is 1.81. The summed E-state index contributed by atoms with van der Waals surface area (Å²) >= 11 is 0. The first-order valence-corrected chi connectivity index (χ1v) is 12.5. The minimum Gasteiger partial charge on any atom is -0.494 e. The van der Waals surface area contributed by atoms with E-state index in [4.69, 9.17) is 4.74 Å². The second-order valence-corrected chi connectivity index (χ2v) is 10.3. The Labute approximate surface area is 184 Å². The third kappa shape index (κ3) is 5.93. The second kappa shape index (κ2) is 9.51. The van der Waals surface area contributed by atoms with Crippen molar-refractivity contribution < 1.29 is 17.9 Å². The molecule has 0 aromatic heterocycles. The average molecular weight is 443 g/mol. The van der Waals surface area contributed by atoms with Crippen molar-refractivity contribution >= 4 is 15.8 Å². The number of sulfonamides is 1. The van der Waals surface area contributed by atoms with Crippen LogP contribution in [0.25, 0.3) is 0 Å². The molecule has 0 radical (unpaired) electrons. The predicted octanol–water partition coefficient (Wildman–Crippen LogP) is 3.41. The molecule has 1 aliphatic heterocycles. The number of benzene rings is 2. The Morgan fingerprint density at radius 3 is 2.45 bits per heavy atom. The smallest absolute Gasteiger partial charge is 0.240 e. The molecule has 0 unspecified atom stereocenters. The van der Waals surface area contributed by atoms with E-state index in [2.05, 4.69) is 9.62 Å². The van der Waals surface area contributed by atoms with Crippen molar-refractivity contribution in [3.05, 3.63) is 59.7 Å². The first-order chi connectivity index (χ1) is 14.9. The fourth-order valence-electron chi connectivity index (χ4n) is 3.91. The van der Waals surface area contributed by atoms with Crippen LogP contribution in [0.2, 0.25) is 0 Å². The van der Waals surface area contributed by atoms with Crippen LogP contribution in [0.3, 0.4) is 0 Å². The van der Waals surface area contributed by atoms with Gasteiger partial charge < -0.3 is 9.64 Å². The number of nitrogens with zero attached hydrogens (tertiary/aromatic N) is 1. The molecule has 0 amide bonds. The van der Waals surface area contributed by atoms with Gasteiger partial charge in [-0.05, 0) is 75.5 Å². The Morgan fingerprint density at radius 1 is 1.06 bits per heavy atom. The molecule has 4 rings (SSSR count). The second-order valence-electron chi connectivity index (χ2n) is 8.59. The summed E-state index contributed by atoms with van der Waals surface area (Å²) in [5, 5.41) is 0. The molecule has 1 heterocycles. The van der Waals surface area contributed by atoms with E-state index in [1.165, 1.54) is 0 Å². The van der Waals surface area contributed by atoms with Gasteiger partial charge in [-0.25, -0.2) is 13.1 Å². The Balaban J connectivity index is 1.17. The molecular weight excluding hydrogens is 412 g/mol. The summed E-state index contributed by atoms with van der Waals surface area (Å²) in [6.45, 7) is 4.98. The number of rotatable bonds is 10. The van der Waals surface area contributed by atoms with Crippen LogP contribution in [0.15, 0.2) is 53.4 Å². The molecule has 1 saturated heterocycles. The molecule has 2 aliphatic rings. The average Bonchev–Trinajstić information content (AvgIpc) is 3.52. The Kier molecular flexibility index (Phi) is 6.74. The Morgan fingerprint density at radius 2 is 1.77 bits per heavy atom. The molecule has 0 spiro atoms. The molecule has 1 aliphatic carbocycles. The van der Waals surface area contributed by atoms with Gasteiger partial charge in [-0.1, -0.05) is 17.7 Å². The van der Waals surface area contributed by atoms with Crippen LogP contribution in [0.4, 0.5) is 0 Å². The van der Waals surface area contributed by atoms with Gasteiger partial charge in [-0.2, -0.15) is 0 Å². The number of ketones is 1. The summed E-state index contributed by atoms with van der Waals surface area (Å²) in [5.74, 6) is 1.25. The van der Waals surface area contributed by atoms with E-state index in [1.807, 2.05) is 43.3 Å². The molecule has 0 bridgehead atoms. The third-order valence-electron chi connectivity index (χ3n) is 5.90. The van der Waals surface area contributed by atoms with Crippen molar-refractivity contribution in [3.63, 3.8) is 0 Å². The highest BCUT2D eigenvalue weighted by atomic mass is 32.2. The first-order valence-electron chi connectivity index (χ1n) is 11.0. The van der Waals surface area contributed by atoms with Crippen LogP contribution < -0.4 is 9.46 Å². The van der Waals surface area contributed by atoms with Gasteiger partial charge in [0.05, 0.1) is 11.5 Å². The lowest BCUT2D eigenvalue weighted by atomic mass is 10.1. The van der Waals surface area contributed by atoms with Gasteiger partial charge in [0.1, 0.15) is 5.75 Å². The quantitative estimate of drug-likeness (QED) is 0.451. The van der Waals surface area contributed by atoms with Crippen LogP contribution in [0, 0.1) is 12.8 Å². The lowest BCUT2D eigenvalue weighted by Crippen LogP contribution is -2.37. The zero-order valence-corrected chi connectivity index (χ0v) is 18.7. The van der Waals surface area contributed by atoms with Crippen molar-refractivity contribution in [2.75, 3.05) is 26.2 Å². The fraction of sp³-hybridized carbons (Fsp3) is 0.458. The van der Waals surface area contributed by atoms with E-state index in [9.17, 15) is 13.2 Å². The van der Waals surface area contributed by atoms with E-state index in [-0.39, 0.29) is 17.7 Å². The van der Waals surface area contributed by atoms with E-state index < -0.39 is 10.0 Å². The lowest BCUT2D eigenvalue weighted by molar-refractivity contribution is 0.0967. The molecule has 1 atom stereocenters. The predicted molar refractivity (Wildman–Crippen MR) is 120 cm³/mol. The first kappa shape index (κ1) is 22.0. The summed E-state index contributed by atoms with van der Waals surface area (Å²) in [6.07, 6.45) is 3.70. The highest BCUT2D eigenvalue weighted by molar-refractivity contribution is 7.89. The van der Waals surface area contributed by atoms with Gasteiger partial charge in [0, 0.05) is 30.6 Å². The summed E-state index contributed by atoms with van der Waals surface area (Å²) in [6, 6.07) is 14.3. The number of ether oxygens (including phenoxy) is 1. The van der Waals surface area contributed by atoms with E-state index in [0.29, 0.717) is 18.0 Å².